The third kappa shape index (κ3) is 3.06. The van der Waals surface area contributed by atoms with Crippen LogP contribution >= 0.6 is 0 Å². The van der Waals surface area contributed by atoms with E-state index in [0.717, 1.165) is 11.1 Å². The Kier molecular flexibility index (Phi) is 4.54. The first kappa shape index (κ1) is 10.5. The van der Waals surface area contributed by atoms with Crippen LogP contribution in [0, 0.1) is 0 Å². The number of nitrogens with two attached hydrogens (primary N) is 1. The molecule has 0 fully saturated rings. The second-order valence-electron chi connectivity index (χ2n) is 2.40. The highest BCUT2D eigenvalue weighted by molar-refractivity contribution is 5.41. The van der Waals surface area contributed by atoms with Crippen LogP contribution in [0.2, 0.25) is 0 Å². The van der Waals surface area contributed by atoms with Crippen LogP contribution in [0.5, 0.6) is 0 Å². The Hall–Kier alpha value is -1.50. The Morgan fingerprint density at radius 2 is 1.67 bits per heavy atom. The molecule has 0 atom stereocenters. The Morgan fingerprint density at radius 1 is 1.08 bits per heavy atom. The molecule has 1 nitrogen and oxygen atoms in total. The molecular formula is C11H15N. The summed E-state index contributed by atoms with van der Waals surface area (Å²) >= 11 is 0. The van der Waals surface area contributed by atoms with Crippen LogP contribution in [-0.4, -0.2) is 0 Å². The topological polar surface area (TPSA) is 26.0 Å². The van der Waals surface area contributed by atoms with Gasteiger partial charge in [-0.3, -0.25) is 0 Å². The molecule has 0 aromatic carbocycles. The van der Waals surface area contributed by atoms with Crippen molar-refractivity contribution < 1.29 is 0 Å². The molecule has 2 N–H and O–H groups in total. The minimum Gasteiger partial charge on any atom is -0.399 e. The molecular weight excluding hydrogens is 146 g/mol. The first-order valence-corrected chi connectivity index (χ1v) is 3.71. The Morgan fingerprint density at radius 3 is 2.00 bits per heavy atom. The highest BCUT2D eigenvalue weighted by Gasteiger charge is 1.91. The van der Waals surface area contributed by atoms with Crippen LogP contribution in [0.3, 0.4) is 0 Å². The Bertz CT molecular complexity index is 254. The zero-order valence-electron chi connectivity index (χ0n) is 7.51. The summed E-state index contributed by atoms with van der Waals surface area (Å²) in [5.74, 6) is 0. The maximum atomic E-state index is 5.57. The largest absolute Gasteiger partial charge is 0.399 e. The van der Waals surface area contributed by atoms with Crippen molar-refractivity contribution in [3.63, 3.8) is 0 Å². The average Bonchev–Trinajstić information content (AvgIpc) is 2.12. The van der Waals surface area contributed by atoms with Gasteiger partial charge in [0.1, 0.15) is 0 Å². The minimum atomic E-state index is 0.631. The first-order valence-electron chi connectivity index (χ1n) is 3.71. The molecule has 0 aromatic rings. The van der Waals surface area contributed by atoms with Crippen LogP contribution in [0.4, 0.5) is 0 Å². The molecule has 0 aliphatic rings. The summed E-state index contributed by atoms with van der Waals surface area (Å²) in [4.78, 5) is 0. The normalized spacial score (nSPS) is 13.2. The van der Waals surface area contributed by atoms with E-state index < -0.39 is 0 Å². The summed E-state index contributed by atoms with van der Waals surface area (Å²) in [5, 5.41) is 0. The lowest BCUT2D eigenvalue weighted by atomic mass is 10.1. The third-order valence-electron chi connectivity index (χ3n) is 1.54. The summed E-state index contributed by atoms with van der Waals surface area (Å²) in [6.07, 6.45) is 6.92. The smallest absolute Gasteiger partial charge is 0.0314 e. The van der Waals surface area contributed by atoms with Crippen LogP contribution in [0.25, 0.3) is 0 Å². The molecule has 0 amide bonds. The van der Waals surface area contributed by atoms with E-state index in [2.05, 4.69) is 19.7 Å². The number of allylic oxidation sites excluding steroid dienone is 6. The molecule has 0 aliphatic carbocycles. The SMILES string of the molecule is C=C/C(N)=C\C(C=C)=C(/C)C=C. The molecule has 0 heterocycles. The van der Waals surface area contributed by atoms with Crippen molar-refractivity contribution in [2.24, 2.45) is 5.73 Å². The van der Waals surface area contributed by atoms with Gasteiger partial charge in [0.2, 0.25) is 0 Å². The van der Waals surface area contributed by atoms with E-state index in [1.165, 1.54) is 0 Å². The summed E-state index contributed by atoms with van der Waals surface area (Å²) in [7, 11) is 0. The molecule has 1 heteroatoms. The van der Waals surface area contributed by atoms with Crippen molar-refractivity contribution in [2.45, 2.75) is 6.92 Å². The summed E-state index contributed by atoms with van der Waals surface area (Å²) in [5.41, 5.74) is 8.22. The van der Waals surface area contributed by atoms with Gasteiger partial charge in [0.05, 0.1) is 0 Å². The number of hydrogen-bond donors (Lipinski definition) is 1. The lowest BCUT2D eigenvalue weighted by molar-refractivity contribution is 1.38. The second-order valence-corrected chi connectivity index (χ2v) is 2.40. The first-order chi connectivity index (χ1) is 5.65. The average molecular weight is 161 g/mol. The van der Waals surface area contributed by atoms with Crippen molar-refractivity contribution in [1.82, 2.24) is 0 Å². The van der Waals surface area contributed by atoms with Crippen molar-refractivity contribution in [3.05, 3.63) is 60.9 Å². The van der Waals surface area contributed by atoms with Gasteiger partial charge in [0.25, 0.3) is 0 Å². The summed E-state index contributed by atoms with van der Waals surface area (Å²) < 4.78 is 0. The summed E-state index contributed by atoms with van der Waals surface area (Å²) in [6, 6.07) is 0. The van der Waals surface area contributed by atoms with Crippen LogP contribution in [0.15, 0.2) is 60.9 Å². The van der Waals surface area contributed by atoms with Gasteiger partial charge in [-0.2, -0.15) is 0 Å². The van der Waals surface area contributed by atoms with Crippen LogP contribution in [-0.2, 0) is 0 Å². The zero-order chi connectivity index (χ0) is 9.56. The van der Waals surface area contributed by atoms with Gasteiger partial charge in [-0.05, 0) is 30.2 Å². The van der Waals surface area contributed by atoms with Gasteiger partial charge in [-0.1, -0.05) is 31.9 Å². The zero-order valence-corrected chi connectivity index (χ0v) is 7.51. The van der Waals surface area contributed by atoms with E-state index in [-0.39, 0.29) is 0 Å². The Labute approximate surface area is 74.3 Å². The monoisotopic (exact) mass is 161 g/mol. The van der Waals surface area contributed by atoms with Crippen molar-refractivity contribution >= 4 is 0 Å². The predicted octanol–water partition coefficient (Wildman–Crippen LogP) is 2.70. The molecule has 0 saturated heterocycles. The molecule has 12 heavy (non-hydrogen) atoms. The van der Waals surface area contributed by atoms with Gasteiger partial charge in [-0.15, -0.1) is 0 Å². The lowest BCUT2D eigenvalue weighted by Crippen LogP contribution is -1.93. The molecule has 0 aliphatic heterocycles. The number of rotatable bonds is 4. The molecule has 64 valence electrons. The van der Waals surface area contributed by atoms with Crippen molar-refractivity contribution in [2.75, 3.05) is 0 Å². The molecule has 0 spiro atoms. The molecule has 0 aromatic heterocycles. The highest BCUT2D eigenvalue weighted by atomic mass is 14.5. The lowest BCUT2D eigenvalue weighted by Gasteiger charge is -1.99. The maximum absolute atomic E-state index is 5.57. The maximum Gasteiger partial charge on any atom is 0.0314 e. The van der Waals surface area contributed by atoms with E-state index in [1.807, 2.05) is 13.0 Å². The van der Waals surface area contributed by atoms with Gasteiger partial charge in [-0.25, -0.2) is 0 Å². The van der Waals surface area contributed by atoms with Crippen LogP contribution in [0.1, 0.15) is 6.92 Å². The fraction of sp³-hybridized carbons (Fsp3) is 0.0909. The number of hydrogen-bond acceptors (Lipinski definition) is 1. The fourth-order valence-electron chi connectivity index (χ4n) is 0.690. The molecule has 0 radical (unpaired) electrons. The highest BCUT2D eigenvalue weighted by Crippen LogP contribution is 2.08. The van der Waals surface area contributed by atoms with Crippen LogP contribution < -0.4 is 5.73 Å². The van der Waals surface area contributed by atoms with E-state index in [4.69, 9.17) is 5.73 Å². The van der Waals surface area contributed by atoms with Gasteiger partial charge < -0.3 is 5.73 Å². The molecule has 0 rings (SSSR count). The minimum absolute atomic E-state index is 0.631. The molecule has 0 bridgehead atoms. The van der Waals surface area contributed by atoms with E-state index in [9.17, 15) is 0 Å². The Balaban J connectivity index is 4.93. The quantitative estimate of drug-likeness (QED) is 0.630. The third-order valence-corrected chi connectivity index (χ3v) is 1.54. The standard InChI is InChI=1S/C11H15N/c1-5-9(4)10(6-2)8-11(12)7-3/h5-8H,1-3,12H2,4H3/b10-9+,11-8+. The van der Waals surface area contributed by atoms with Crippen molar-refractivity contribution in [1.29, 1.82) is 0 Å². The molecule has 0 saturated carbocycles. The van der Waals surface area contributed by atoms with E-state index in [1.54, 1.807) is 18.2 Å². The van der Waals surface area contributed by atoms with Crippen molar-refractivity contribution in [3.8, 4) is 0 Å². The van der Waals surface area contributed by atoms with E-state index in [0.29, 0.717) is 5.70 Å². The van der Waals surface area contributed by atoms with Gasteiger partial charge >= 0.3 is 0 Å². The molecule has 0 unspecified atom stereocenters. The van der Waals surface area contributed by atoms with E-state index >= 15 is 0 Å². The van der Waals surface area contributed by atoms with Gasteiger partial charge in [0.15, 0.2) is 0 Å². The predicted molar refractivity (Wildman–Crippen MR) is 55.6 cm³/mol. The second kappa shape index (κ2) is 5.19. The van der Waals surface area contributed by atoms with Gasteiger partial charge in [0, 0.05) is 5.70 Å². The fourth-order valence-corrected chi connectivity index (χ4v) is 0.690. The summed E-state index contributed by atoms with van der Waals surface area (Å²) in [6.45, 7) is 12.9.